The van der Waals surface area contributed by atoms with E-state index in [1.54, 1.807) is 11.8 Å². The van der Waals surface area contributed by atoms with Crippen LogP contribution in [0.5, 0.6) is 5.75 Å². The summed E-state index contributed by atoms with van der Waals surface area (Å²) in [6.45, 7) is 3.27. The largest absolute Gasteiger partial charge is 0.492 e. The first-order valence-corrected chi connectivity index (χ1v) is 16.5. The number of amides is 1. The van der Waals surface area contributed by atoms with E-state index in [9.17, 15) is 14.7 Å². The lowest BCUT2D eigenvalue weighted by molar-refractivity contribution is -0.139. The van der Waals surface area contributed by atoms with Gasteiger partial charge in [-0.15, -0.1) is 0 Å². The van der Waals surface area contributed by atoms with Crippen molar-refractivity contribution in [3.05, 3.63) is 89.5 Å². The topological polar surface area (TPSA) is 87.7 Å². The molecule has 0 unspecified atom stereocenters. The normalized spacial score (nSPS) is 14.7. The fraction of sp³-hybridized carbons (Fsp3) is 0.444. The van der Waals surface area contributed by atoms with Crippen molar-refractivity contribution in [2.24, 2.45) is 5.92 Å². The Morgan fingerprint density at radius 1 is 0.977 bits per heavy atom. The zero-order valence-corrected chi connectivity index (χ0v) is 25.6. The summed E-state index contributed by atoms with van der Waals surface area (Å²) >= 11 is 1.56. The number of aliphatic carboxylic acids is 1. The maximum absolute atomic E-state index is 13.4. The maximum Gasteiger partial charge on any atom is 0.326 e. The summed E-state index contributed by atoms with van der Waals surface area (Å²) in [6.07, 6.45) is 9.87. The van der Waals surface area contributed by atoms with Crippen LogP contribution in [0.4, 0.5) is 0 Å². The summed E-state index contributed by atoms with van der Waals surface area (Å²) in [6, 6.07) is 23.1. The van der Waals surface area contributed by atoms with E-state index in [2.05, 4.69) is 16.7 Å². The molecular formula is C36H48N2O4S. The van der Waals surface area contributed by atoms with Crippen molar-refractivity contribution in [1.82, 2.24) is 10.6 Å². The van der Waals surface area contributed by atoms with Gasteiger partial charge in [-0.1, -0.05) is 88.1 Å². The van der Waals surface area contributed by atoms with Gasteiger partial charge in [0.1, 0.15) is 18.4 Å². The highest BCUT2D eigenvalue weighted by Crippen LogP contribution is 2.30. The second-order valence-corrected chi connectivity index (χ2v) is 12.3. The van der Waals surface area contributed by atoms with Crippen LogP contribution in [0.3, 0.4) is 0 Å². The van der Waals surface area contributed by atoms with Crippen LogP contribution in [0, 0.1) is 12.8 Å². The van der Waals surface area contributed by atoms with E-state index in [1.807, 2.05) is 79.9 Å². The van der Waals surface area contributed by atoms with E-state index < -0.39 is 12.0 Å². The predicted octanol–water partition coefficient (Wildman–Crippen LogP) is 7.74. The molecule has 6 nitrogen and oxygen atoms in total. The van der Waals surface area contributed by atoms with Crippen LogP contribution in [-0.2, 0) is 11.3 Å². The first-order valence-electron chi connectivity index (χ1n) is 15.1. The highest BCUT2D eigenvalue weighted by molar-refractivity contribution is 7.98. The van der Waals surface area contributed by atoms with Gasteiger partial charge in [0.15, 0.2) is 0 Å². The van der Waals surface area contributed by atoms with Crippen LogP contribution >= 0.6 is 11.8 Å². The van der Waals surface area contributed by atoms with Crippen molar-refractivity contribution in [3.63, 3.8) is 0 Å². The number of thioether (sulfide) groups is 1. The Morgan fingerprint density at radius 2 is 1.70 bits per heavy atom. The van der Waals surface area contributed by atoms with Crippen molar-refractivity contribution in [3.8, 4) is 16.9 Å². The number of hydrogen-bond donors (Lipinski definition) is 3. The number of ether oxygens (including phenoxy) is 1. The summed E-state index contributed by atoms with van der Waals surface area (Å²) in [5.41, 5.74) is 4.38. The minimum Gasteiger partial charge on any atom is -0.492 e. The summed E-state index contributed by atoms with van der Waals surface area (Å²) in [5.74, 6) is 0.854. The number of carbonyl (C=O) groups excluding carboxylic acids is 1. The van der Waals surface area contributed by atoms with Crippen LogP contribution in [0.1, 0.15) is 73.9 Å². The Labute approximate surface area is 262 Å². The van der Waals surface area contributed by atoms with Crippen molar-refractivity contribution >= 4 is 23.6 Å². The third-order valence-corrected chi connectivity index (χ3v) is 8.75. The molecular weight excluding hydrogens is 556 g/mol. The van der Waals surface area contributed by atoms with E-state index in [0.717, 1.165) is 34.4 Å². The molecule has 3 aromatic carbocycles. The Balaban J connectivity index is 0.00000506. The molecule has 0 bridgehead atoms. The average molecular weight is 605 g/mol. The third-order valence-electron chi connectivity index (χ3n) is 8.11. The van der Waals surface area contributed by atoms with Gasteiger partial charge in [0, 0.05) is 18.2 Å². The lowest BCUT2D eigenvalue weighted by atomic mass is 9.85. The molecule has 2 atom stereocenters. The molecule has 0 aromatic heterocycles. The first-order chi connectivity index (χ1) is 20.4. The van der Waals surface area contributed by atoms with Crippen LogP contribution in [0.2, 0.25) is 0 Å². The van der Waals surface area contributed by atoms with E-state index >= 15 is 0 Å². The molecule has 4 rings (SSSR count). The second-order valence-electron chi connectivity index (χ2n) is 11.3. The molecule has 0 spiro atoms. The van der Waals surface area contributed by atoms with E-state index in [1.165, 1.54) is 32.1 Å². The molecule has 0 heterocycles. The molecule has 1 aliphatic carbocycles. The van der Waals surface area contributed by atoms with Crippen molar-refractivity contribution in [1.29, 1.82) is 0 Å². The Kier molecular flexibility index (Phi) is 14.1. The summed E-state index contributed by atoms with van der Waals surface area (Å²) in [4.78, 5) is 25.3. The molecule has 7 heteroatoms. The Bertz CT molecular complexity index is 1290. The van der Waals surface area contributed by atoms with Crippen LogP contribution in [-0.4, -0.2) is 47.7 Å². The zero-order valence-electron chi connectivity index (χ0n) is 24.8. The van der Waals surface area contributed by atoms with Crippen LogP contribution in [0.15, 0.2) is 72.8 Å². The minimum atomic E-state index is -1.02. The fourth-order valence-corrected chi connectivity index (χ4v) is 6.21. The second kappa shape index (κ2) is 17.7. The number of para-hydroxylation sites is 1. The molecule has 232 valence electrons. The maximum atomic E-state index is 13.4. The van der Waals surface area contributed by atoms with Gasteiger partial charge in [0.25, 0.3) is 5.91 Å². The lowest BCUT2D eigenvalue weighted by Crippen LogP contribution is -2.41. The summed E-state index contributed by atoms with van der Waals surface area (Å²) in [5, 5.41) is 16.2. The summed E-state index contributed by atoms with van der Waals surface area (Å²) < 4.78 is 6.18. The predicted molar refractivity (Wildman–Crippen MR) is 179 cm³/mol. The molecule has 1 amide bonds. The van der Waals surface area contributed by atoms with Crippen LogP contribution in [0.25, 0.3) is 11.1 Å². The fourth-order valence-electron chi connectivity index (χ4n) is 5.74. The van der Waals surface area contributed by atoms with Crippen molar-refractivity contribution < 1.29 is 19.4 Å². The van der Waals surface area contributed by atoms with Gasteiger partial charge in [-0.2, -0.15) is 11.8 Å². The quantitative estimate of drug-likeness (QED) is 0.164. The van der Waals surface area contributed by atoms with Gasteiger partial charge < -0.3 is 20.5 Å². The Hall–Kier alpha value is -3.29. The molecule has 3 aromatic rings. The number of carboxylic acid groups (broad SMARTS) is 1. The molecule has 43 heavy (non-hydrogen) atoms. The molecule has 1 saturated carbocycles. The number of rotatable bonds is 15. The van der Waals surface area contributed by atoms with Crippen molar-refractivity contribution in [2.45, 2.75) is 77.9 Å². The molecule has 3 N–H and O–H groups in total. The van der Waals surface area contributed by atoms with E-state index in [-0.39, 0.29) is 19.4 Å². The van der Waals surface area contributed by atoms with E-state index in [4.69, 9.17) is 4.74 Å². The molecule has 1 fully saturated rings. The first kappa shape index (κ1) is 34.2. The van der Waals surface area contributed by atoms with Gasteiger partial charge >= 0.3 is 5.97 Å². The minimum absolute atomic E-state index is 0. The van der Waals surface area contributed by atoms with Crippen LogP contribution < -0.4 is 15.4 Å². The van der Waals surface area contributed by atoms with Gasteiger partial charge in [-0.3, -0.25) is 4.79 Å². The van der Waals surface area contributed by atoms with Gasteiger partial charge in [-0.05, 0) is 84.2 Å². The molecule has 0 aliphatic heterocycles. The third kappa shape index (κ3) is 10.4. The number of aryl methyl sites for hydroxylation is 1. The number of benzene rings is 3. The lowest BCUT2D eigenvalue weighted by Gasteiger charge is -2.27. The Morgan fingerprint density at radius 3 is 2.40 bits per heavy atom. The van der Waals surface area contributed by atoms with Gasteiger partial charge in [0.05, 0.1) is 0 Å². The highest BCUT2D eigenvalue weighted by atomic mass is 32.2. The average Bonchev–Trinajstić information content (AvgIpc) is 3.01. The smallest absolute Gasteiger partial charge is 0.326 e. The standard InChI is InChI=1S/C35H44N2O4S.CH4/c1-25-11-9-10-16-30(25)32-22-27(17-18-31(32)34(38)37-33(35(39)40)19-20-42-2)23-36-28(21-26-12-5-3-6-13-26)24-41-29-14-7-4-8-15-29;/h4,7-11,14-18,22,26,28,33,36H,3,5-6,12-13,19-21,23-24H2,1-2H3,(H,37,38)(H,39,40);1H4/t28-,33+;/m1./s1. The summed E-state index contributed by atoms with van der Waals surface area (Å²) in [7, 11) is 0. The molecule has 1 aliphatic rings. The van der Waals surface area contributed by atoms with Crippen molar-refractivity contribution in [2.75, 3.05) is 18.6 Å². The van der Waals surface area contributed by atoms with E-state index in [0.29, 0.717) is 36.8 Å². The highest BCUT2D eigenvalue weighted by Gasteiger charge is 2.23. The van der Waals surface area contributed by atoms with Gasteiger partial charge in [0.2, 0.25) is 0 Å². The number of carboxylic acids is 1. The monoisotopic (exact) mass is 604 g/mol. The molecule has 0 radical (unpaired) electrons. The number of nitrogens with one attached hydrogen (secondary N) is 2. The molecule has 0 saturated heterocycles. The van der Waals surface area contributed by atoms with Gasteiger partial charge in [-0.25, -0.2) is 4.79 Å². The zero-order chi connectivity index (χ0) is 29.7. The number of hydrogen-bond acceptors (Lipinski definition) is 5. The SMILES string of the molecule is C.CSCC[C@H](NC(=O)c1ccc(CN[C@@H](COc2ccccc2)CC2CCCCC2)cc1-c1ccccc1C)C(=O)O. The number of carbonyl (C=O) groups is 2.